The van der Waals surface area contributed by atoms with E-state index in [-0.39, 0.29) is 0 Å². The lowest BCUT2D eigenvalue weighted by molar-refractivity contribution is -0.231. The van der Waals surface area contributed by atoms with Gasteiger partial charge in [-0.3, -0.25) is 4.79 Å². The van der Waals surface area contributed by atoms with Crippen molar-refractivity contribution in [3.63, 3.8) is 0 Å². The highest BCUT2D eigenvalue weighted by atomic mass is 16.5. The van der Waals surface area contributed by atoms with Crippen LogP contribution in [0.1, 0.15) is 6.42 Å². The van der Waals surface area contributed by atoms with Crippen LogP contribution >= 0.6 is 0 Å². The van der Waals surface area contributed by atoms with E-state index in [1.165, 1.54) is 0 Å². The lowest BCUT2D eigenvalue weighted by atomic mass is 9.94. The fourth-order valence-corrected chi connectivity index (χ4v) is 1.52. The summed E-state index contributed by atoms with van der Waals surface area (Å²) in [6, 6.07) is 0. The number of ether oxygens (including phenoxy) is 1. The van der Waals surface area contributed by atoms with Crippen molar-refractivity contribution < 1.29 is 35.1 Å². The summed E-state index contributed by atoms with van der Waals surface area (Å²) in [5.41, 5.74) is 0. The van der Waals surface area contributed by atoms with Crippen LogP contribution in [0.4, 0.5) is 0 Å². The van der Waals surface area contributed by atoms with Crippen LogP contribution in [0.15, 0.2) is 0 Å². The van der Waals surface area contributed by atoms with Gasteiger partial charge in [-0.15, -0.1) is 0 Å². The Hall–Kier alpha value is -0.730. The van der Waals surface area contributed by atoms with Crippen molar-refractivity contribution in [1.29, 1.82) is 0 Å². The van der Waals surface area contributed by atoms with Gasteiger partial charge in [0.05, 0.1) is 19.1 Å². The maximum absolute atomic E-state index is 10.4. The fraction of sp³-hybridized carbons (Fsp3) is 0.875. The van der Waals surface area contributed by atoms with Gasteiger partial charge in [0.1, 0.15) is 24.4 Å². The van der Waals surface area contributed by atoms with E-state index in [0.29, 0.717) is 0 Å². The Kier molecular flexibility index (Phi) is 4.00. The molecule has 1 fully saturated rings. The summed E-state index contributed by atoms with van der Waals surface area (Å²) in [5, 5.41) is 45.3. The Morgan fingerprint density at radius 3 is 2.07 bits per heavy atom. The predicted octanol–water partition coefficient (Wildman–Crippen LogP) is -2.70. The van der Waals surface area contributed by atoms with Crippen molar-refractivity contribution in [3.05, 3.63) is 0 Å². The van der Waals surface area contributed by atoms with Gasteiger partial charge in [-0.25, -0.2) is 0 Å². The minimum Gasteiger partial charge on any atom is -0.481 e. The van der Waals surface area contributed by atoms with Crippen molar-refractivity contribution in [2.24, 2.45) is 0 Å². The molecule has 0 spiro atoms. The number of aliphatic hydroxyl groups is 4. The molecule has 0 saturated carbocycles. The van der Waals surface area contributed by atoms with Crippen molar-refractivity contribution in [1.82, 2.24) is 0 Å². The maximum Gasteiger partial charge on any atom is 0.306 e. The Labute approximate surface area is 85.5 Å². The molecule has 0 amide bonds. The number of carboxylic acids is 1. The van der Waals surface area contributed by atoms with Crippen LogP contribution in [-0.4, -0.2) is 68.6 Å². The molecular weight excluding hydrogens is 208 g/mol. The highest BCUT2D eigenvalue weighted by Crippen LogP contribution is 2.22. The molecule has 0 aromatic carbocycles. The smallest absolute Gasteiger partial charge is 0.306 e. The molecule has 1 aliphatic rings. The van der Waals surface area contributed by atoms with Gasteiger partial charge in [0.25, 0.3) is 0 Å². The molecule has 5 atom stereocenters. The second kappa shape index (κ2) is 4.86. The highest BCUT2D eigenvalue weighted by Gasteiger charge is 2.43. The molecule has 1 aliphatic heterocycles. The Balaban J connectivity index is 2.69. The van der Waals surface area contributed by atoms with Gasteiger partial charge in [-0.1, -0.05) is 0 Å². The summed E-state index contributed by atoms with van der Waals surface area (Å²) < 4.78 is 4.95. The number of hydrogen-bond acceptors (Lipinski definition) is 6. The largest absolute Gasteiger partial charge is 0.481 e. The minimum absolute atomic E-state index is 0.499. The zero-order chi connectivity index (χ0) is 11.6. The van der Waals surface area contributed by atoms with Gasteiger partial charge >= 0.3 is 5.97 Å². The molecule has 1 saturated heterocycles. The quantitative estimate of drug-likeness (QED) is 0.351. The molecule has 0 aliphatic carbocycles. The van der Waals surface area contributed by atoms with Crippen LogP contribution in [0.5, 0.6) is 0 Å². The molecule has 1 heterocycles. The van der Waals surface area contributed by atoms with Crippen molar-refractivity contribution in [2.75, 3.05) is 6.61 Å². The second-order valence-electron chi connectivity index (χ2n) is 3.47. The zero-order valence-corrected chi connectivity index (χ0v) is 7.85. The number of carbonyl (C=O) groups is 1. The highest BCUT2D eigenvalue weighted by molar-refractivity contribution is 5.67. The molecule has 0 bridgehead atoms. The van der Waals surface area contributed by atoms with E-state index in [1.54, 1.807) is 0 Å². The third-order valence-electron chi connectivity index (χ3n) is 2.37. The first kappa shape index (κ1) is 12.3. The average molecular weight is 222 g/mol. The van der Waals surface area contributed by atoms with Crippen LogP contribution < -0.4 is 0 Å². The first-order chi connectivity index (χ1) is 6.97. The van der Waals surface area contributed by atoms with Gasteiger partial charge in [-0.05, 0) is 0 Å². The summed E-state index contributed by atoms with van der Waals surface area (Å²) in [6.45, 7) is -0.554. The fourth-order valence-electron chi connectivity index (χ4n) is 1.52. The SMILES string of the molecule is O=C(O)C[C@H]1O[C@H](CO)[C@@H](O)[C@H](O)[C@@H]1O. The number of carboxylic acid groups (broad SMARTS) is 1. The summed E-state index contributed by atoms with van der Waals surface area (Å²) in [5.74, 6) is -1.20. The first-order valence-corrected chi connectivity index (χ1v) is 4.49. The number of hydrogen-bond donors (Lipinski definition) is 5. The summed E-state index contributed by atoms with van der Waals surface area (Å²) in [7, 11) is 0. The molecule has 7 heteroatoms. The zero-order valence-electron chi connectivity index (χ0n) is 7.85. The van der Waals surface area contributed by atoms with Crippen molar-refractivity contribution in [3.8, 4) is 0 Å². The molecule has 0 aromatic rings. The summed E-state index contributed by atoms with van der Waals surface area (Å²) in [4.78, 5) is 10.4. The Bertz CT molecular complexity index is 229. The summed E-state index contributed by atoms with van der Waals surface area (Å²) >= 11 is 0. The molecule has 5 N–H and O–H groups in total. The normalized spacial score (nSPS) is 41.5. The number of aliphatic carboxylic acids is 1. The van der Waals surface area contributed by atoms with Crippen LogP contribution in [0.3, 0.4) is 0 Å². The molecule has 88 valence electrons. The third-order valence-corrected chi connectivity index (χ3v) is 2.37. The monoisotopic (exact) mass is 222 g/mol. The van der Waals surface area contributed by atoms with Gasteiger partial charge in [0.2, 0.25) is 0 Å². The molecule has 15 heavy (non-hydrogen) atoms. The van der Waals surface area contributed by atoms with Gasteiger partial charge < -0.3 is 30.3 Å². The van der Waals surface area contributed by atoms with Crippen molar-refractivity contribution >= 4 is 5.97 Å². The van der Waals surface area contributed by atoms with Crippen LogP contribution in [0.25, 0.3) is 0 Å². The second-order valence-corrected chi connectivity index (χ2v) is 3.47. The van der Waals surface area contributed by atoms with E-state index in [4.69, 9.17) is 14.9 Å². The molecule has 0 aromatic heterocycles. The molecule has 0 radical (unpaired) electrons. The molecular formula is C8H14O7. The molecule has 1 rings (SSSR count). The topological polar surface area (TPSA) is 127 Å². The standard InChI is InChI=1S/C8H14O7/c9-2-4-7(13)8(14)6(12)3(15-4)1-5(10)11/h3-4,6-9,12-14H,1-2H2,(H,10,11)/t3-,4-,6-,7-,8-/m1/s1. The van der Waals surface area contributed by atoms with Crippen LogP contribution in [-0.2, 0) is 9.53 Å². The van der Waals surface area contributed by atoms with Gasteiger partial charge in [-0.2, -0.15) is 0 Å². The van der Waals surface area contributed by atoms with E-state index in [1.807, 2.05) is 0 Å². The average Bonchev–Trinajstić information content (AvgIpc) is 2.18. The third kappa shape index (κ3) is 2.64. The first-order valence-electron chi connectivity index (χ1n) is 4.49. The van der Waals surface area contributed by atoms with Gasteiger partial charge in [0, 0.05) is 0 Å². The molecule has 7 nitrogen and oxygen atoms in total. The lowest BCUT2D eigenvalue weighted by Gasteiger charge is -2.39. The van der Waals surface area contributed by atoms with Crippen LogP contribution in [0, 0.1) is 0 Å². The summed E-state index contributed by atoms with van der Waals surface area (Å²) in [6.07, 6.45) is -7.11. The number of aliphatic hydroxyl groups excluding tert-OH is 4. The van der Waals surface area contributed by atoms with E-state index < -0.39 is 49.5 Å². The van der Waals surface area contributed by atoms with Gasteiger partial charge in [0.15, 0.2) is 0 Å². The minimum atomic E-state index is -1.51. The maximum atomic E-state index is 10.4. The number of rotatable bonds is 3. The Morgan fingerprint density at radius 1 is 1.07 bits per heavy atom. The predicted molar refractivity (Wildman–Crippen MR) is 46.0 cm³/mol. The van der Waals surface area contributed by atoms with E-state index in [0.717, 1.165) is 0 Å². The molecule has 0 unspecified atom stereocenters. The van der Waals surface area contributed by atoms with Crippen LogP contribution in [0.2, 0.25) is 0 Å². The van der Waals surface area contributed by atoms with E-state index in [2.05, 4.69) is 0 Å². The van der Waals surface area contributed by atoms with E-state index >= 15 is 0 Å². The Morgan fingerprint density at radius 2 is 1.60 bits per heavy atom. The van der Waals surface area contributed by atoms with Crippen molar-refractivity contribution in [2.45, 2.75) is 36.9 Å². The lowest BCUT2D eigenvalue weighted by Crippen LogP contribution is -2.58. The van der Waals surface area contributed by atoms with E-state index in [9.17, 15) is 20.1 Å².